The number of aliphatic hydroxyl groups excluding tert-OH is 1. The summed E-state index contributed by atoms with van der Waals surface area (Å²) >= 11 is 5.81. The van der Waals surface area contributed by atoms with Crippen molar-refractivity contribution in [2.24, 2.45) is 0 Å². The average Bonchev–Trinajstić information content (AvgIpc) is 2.42. The number of halogens is 1. The number of ketones is 1. The summed E-state index contributed by atoms with van der Waals surface area (Å²) < 4.78 is 0. The Morgan fingerprint density at radius 1 is 1.26 bits per heavy atom. The first-order valence-electron chi connectivity index (χ1n) is 6.67. The molecule has 1 atom stereocenters. The van der Waals surface area contributed by atoms with Gasteiger partial charge in [0.25, 0.3) is 0 Å². The number of rotatable bonds is 8. The minimum Gasteiger partial charge on any atom is -0.396 e. The second kappa shape index (κ2) is 8.31. The van der Waals surface area contributed by atoms with Gasteiger partial charge in [0.2, 0.25) is 0 Å². The fourth-order valence-electron chi connectivity index (χ4n) is 1.90. The van der Waals surface area contributed by atoms with Crippen molar-refractivity contribution >= 4 is 17.4 Å². The van der Waals surface area contributed by atoms with Crippen molar-refractivity contribution < 1.29 is 9.90 Å². The van der Waals surface area contributed by atoms with Gasteiger partial charge in [0.1, 0.15) is 0 Å². The van der Waals surface area contributed by atoms with Crippen molar-refractivity contribution in [1.29, 1.82) is 0 Å². The Hall–Kier alpha value is -0.900. The zero-order chi connectivity index (χ0) is 14.3. The Morgan fingerprint density at radius 2 is 1.89 bits per heavy atom. The third kappa shape index (κ3) is 5.31. The van der Waals surface area contributed by atoms with Crippen molar-refractivity contribution in [2.45, 2.75) is 32.2 Å². The van der Waals surface area contributed by atoms with Gasteiger partial charge in [-0.25, -0.2) is 0 Å². The molecule has 1 unspecified atom stereocenters. The molecule has 0 saturated heterocycles. The molecule has 0 aliphatic heterocycles. The summed E-state index contributed by atoms with van der Waals surface area (Å²) in [5.74, 6) is 0.112. The quantitative estimate of drug-likeness (QED) is 0.589. The molecule has 0 amide bonds. The number of hydrogen-bond acceptors (Lipinski definition) is 3. The van der Waals surface area contributed by atoms with Gasteiger partial charge < -0.3 is 5.11 Å². The number of likely N-dealkylation sites (N-methyl/N-ethyl adjacent to an activating group) is 1. The van der Waals surface area contributed by atoms with E-state index in [4.69, 9.17) is 16.7 Å². The van der Waals surface area contributed by atoms with Gasteiger partial charge in [-0.3, -0.25) is 9.69 Å². The third-order valence-electron chi connectivity index (χ3n) is 3.34. The Kier molecular flexibility index (Phi) is 7.06. The maximum Gasteiger partial charge on any atom is 0.179 e. The van der Waals surface area contributed by atoms with Gasteiger partial charge in [0.15, 0.2) is 5.78 Å². The lowest BCUT2D eigenvalue weighted by Crippen LogP contribution is -2.36. The Bertz CT molecular complexity index is 392. The number of nitrogens with zero attached hydrogens (tertiary/aromatic N) is 1. The zero-order valence-corrected chi connectivity index (χ0v) is 12.4. The molecule has 0 saturated carbocycles. The standard InChI is InChI=1S/C15H22ClNO2/c1-12(17(2)10-4-3-5-11-18)15(19)13-6-8-14(16)9-7-13/h6-9,12,18H,3-5,10-11H2,1-2H3. The van der Waals surface area contributed by atoms with Crippen LogP contribution in [0.4, 0.5) is 0 Å². The molecule has 19 heavy (non-hydrogen) atoms. The second-order valence-electron chi connectivity index (χ2n) is 4.81. The van der Waals surface area contributed by atoms with E-state index in [1.54, 1.807) is 24.3 Å². The molecule has 1 aromatic carbocycles. The summed E-state index contributed by atoms with van der Waals surface area (Å²) in [6.45, 7) is 3.02. The molecule has 0 aliphatic carbocycles. The summed E-state index contributed by atoms with van der Waals surface area (Å²) in [7, 11) is 1.96. The van der Waals surface area contributed by atoms with Crippen LogP contribution in [0.15, 0.2) is 24.3 Å². The van der Waals surface area contributed by atoms with Gasteiger partial charge in [-0.2, -0.15) is 0 Å². The number of carbonyl (C=O) groups excluding carboxylic acids is 1. The van der Waals surface area contributed by atoms with Crippen LogP contribution in [0.3, 0.4) is 0 Å². The number of benzene rings is 1. The average molecular weight is 284 g/mol. The molecule has 0 bridgehead atoms. The van der Waals surface area contributed by atoms with E-state index in [1.165, 1.54) is 0 Å². The van der Waals surface area contributed by atoms with Crippen molar-refractivity contribution in [3.63, 3.8) is 0 Å². The van der Waals surface area contributed by atoms with Crippen LogP contribution in [-0.2, 0) is 0 Å². The van der Waals surface area contributed by atoms with Gasteiger partial charge >= 0.3 is 0 Å². The highest BCUT2D eigenvalue weighted by molar-refractivity contribution is 6.30. The molecule has 0 fully saturated rings. The Balaban J connectivity index is 2.49. The largest absolute Gasteiger partial charge is 0.396 e. The maximum atomic E-state index is 12.3. The molecule has 1 rings (SSSR count). The molecular weight excluding hydrogens is 262 g/mol. The van der Waals surface area contributed by atoms with E-state index in [-0.39, 0.29) is 18.4 Å². The van der Waals surface area contributed by atoms with Crippen LogP contribution < -0.4 is 0 Å². The van der Waals surface area contributed by atoms with E-state index in [0.717, 1.165) is 25.8 Å². The summed E-state index contributed by atoms with van der Waals surface area (Å²) in [4.78, 5) is 14.3. The van der Waals surface area contributed by atoms with Gasteiger partial charge in [-0.05, 0) is 64.0 Å². The number of unbranched alkanes of at least 4 members (excludes halogenated alkanes) is 2. The van der Waals surface area contributed by atoms with Crippen LogP contribution in [0.5, 0.6) is 0 Å². The lowest BCUT2D eigenvalue weighted by molar-refractivity contribution is 0.0866. The van der Waals surface area contributed by atoms with Crippen molar-refractivity contribution in [3.8, 4) is 0 Å². The van der Waals surface area contributed by atoms with Crippen molar-refractivity contribution in [3.05, 3.63) is 34.9 Å². The van der Waals surface area contributed by atoms with Gasteiger partial charge in [0.05, 0.1) is 6.04 Å². The summed E-state index contributed by atoms with van der Waals surface area (Å²) in [6, 6.07) is 6.86. The van der Waals surface area contributed by atoms with Crippen molar-refractivity contribution in [1.82, 2.24) is 4.90 Å². The predicted octanol–water partition coefficient (Wildman–Crippen LogP) is 3.01. The van der Waals surface area contributed by atoms with Crippen LogP contribution in [0.2, 0.25) is 5.02 Å². The molecule has 3 nitrogen and oxygen atoms in total. The second-order valence-corrected chi connectivity index (χ2v) is 5.25. The Labute approximate surface area is 120 Å². The Morgan fingerprint density at radius 3 is 2.47 bits per heavy atom. The highest BCUT2D eigenvalue weighted by Gasteiger charge is 2.18. The summed E-state index contributed by atoms with van der Waals surface area (Å²) in [5, 5.41) is 9.36. The molecule has 0 aliphatic rings. The van der Waals surface area contributed by atoms with Crippen LogP contribution >= 0.6 is 11.6 Å². The lowest BCUT2D eigenvalue weighted by atomic mass is 10.0. The number of carbonyl (C=O) groups is 1. The normalized spacial score (nSPS) is 12.7. The molecule has 1 aromatic rings. The van der Waals surface area contributed by atoms with Crippen LogP contribution in [0.25, 0.3) is 0 Å². The third-order valence-corrected chi connectivity index (χ3v) is 3.59. The van der Waals surface area contributed by atoms with E-state index in [2.05, 4.69) is 0 Å². The SMILES string of the molecule is CC(C(=O)c1ccc(Cl)cc1)N(C)CCCCCO. The molecule has 0 spiro atoms. The number of hydrogen-bond donors (Lipinski definition) is 1. The van der Waals surface area contributed by atoms with E-state index < -0.39 is 0 Å². The smallest absolute Gasteiger partial charge is 0.179 e. The predicted molar refractivity (Wildman–Crippen MR) is 78.8 cm³/mol. The number of Topliss-reactive ketones (excluding diaryl/α,β-unsaturated/α-hetero) is 1. The zero-order valence-electron chi connectivity index (χ0n) is 11.6. The first-order valence-corrected chi connectivity index (χ1v) is 7.05. The van der Waals surface area contributed by atoms with Gasteiger partial charge in [0, 0.05) is 17.2 Å². The van der Waals surface area contributed by atoms with E-state index in [1.807, 2.05) is 18.9 Å². The van der Waals surface area contributed by atoms with Crippen LogP contribution in [0, 0.1) is 0 Å². The first kappa shape index (κ1) is 16.2. The van der Waals surface area contributed by atoms with Crippen LogP contribution in [-0.4, -0.2) is 42.0 Å². The minimum atomic E-state index is -0.143. The highest BCUT2D eigenvalue weighted by atomic mass is 35.5. The minimum absolute atomic E-state index is 0.112. The van der Waals surface area contributed by atoms with Crippen LogP contribution in [0.1, 0.15) is 36.5 Å². The molecule has 4 heteroatoms. The van der Waals surface area contributed by atoms with Gasteiger partial charge in [-0.15, -0.1) is 0 Å². The molecule has 1 N–H and O–H groups in total. The maximum absolute atomic E-state index is 12.3. The molecule has 0 heterocycles. The molecular formula is C15H22ClNO2. The molecule has 106 valence electrons. The fraction of sp³-hybridized carbons (Fsp3) is 0.533. The highest BCUT2D eigenvalue weighted by Crippen LogP contribution is 2.13. The lowest BCUT2D eigenvalue weighted by Gasteiger charge is -2.23. The van der Waals surface area contributed by atoms with E-state index in [9.17, 15) is 4.79 Å². The topological polar surface area (TPSA) is 40.5 Å². The van der Waals surface area contributed by atoms with E-state index in [0.29, 0.717) is 10.6 Å². The number of aliphatic hydroxyl groups is 1. The van der Waals surface area contributed by atoms with Crippen molar-refractivity contribution in [2.75, 3.05) is 20.2 Å². The molecule has 0 radical (unpaired) electrons. The summed E-state index contributed by atoms with van der Waals surface area (Å²) in [5.41, 5.74) is 0.694. The van der Waals surface area contributed by atoms with Gasteiger partial charge in [-0.1, -0.05) is 11.6 Å². The first-order chi connectivity index (χ1) is 9.06. The molecule has 0 aromatic heterocycles. The summed E-state index contributed by atoms with van der Waals surface area (Å²) in [6.07, 6.45) is 2.81. The van der Waals surface area contributed by atoms with E-state index >= 15 is 0 Å². The fourth-order valence-corrected chi connectivity index (χ4v) is 2.02. The monoisotopic (exact) mass is 283 g/mol.